The second-order valence-electron chi connectivity index (χ2n) is 13.3. The van der Waals surface area contributed by atoms with Crippen LogP contribution in [0.5, 0.6) is 11.5 Å². The van der Waals surface area contributed by atoms with Crippen molar-refractivity contribution in [3.63, 3.8) is 0 Å². The van der Waals surface area contributed by atoms with E-state index in [0.717, 1.165) is 47.9 Å². The highest BCUT2D eigenvalue weighted by Gasteiger charge is 2.26. The Bertz CT molecular complexity index is 1380. The Kier molecular flexibility index (Phi) is 9.22. The van der Waals surface area contributed by atoms with E-state index in [-0.39, 0.29) is 11.8 Å². The molecule has 2 atom stereocenters. The predicted octanol–water partition coefficient (Wildman–Crippen LogP) is 11.1. The molecular weight excluding hydrogens is 524 g/mol. The van der Waals surface area contributed by atoms with Crippen molar-refractivity contribution in [2.45, 2.75) is 108 Å². The second-order valence-corrected chi connectivity index (χ2v) is 13.3. The minimum Gasteiger partial charge on any atom is -0.508 e. The molecular formula is C41H48O2. The van der Waals surface area contributed by atoms with Gasteiger partial charge in [0.05, 0.1) is 0 Å². The smallest absolute Gasteiger partial charge is 0.119 e. The van der Waals surface area contributed by atoms with Gasteiger partial charge in [-0.15, -0.1) is 0 Å². The molecule has 2 aliphatic carbocycles. The lowest BCUT2D eigenvalue weighted by atomic mass is 9.77. The fourth-order valence-electron chi connectivity index (χ4n) is 7.97. The first-order chi connectivity index (χ1) is 21.0. The highest BCUT2D eigenvalue weighted by molar-refractivity contribution is 5.53. The lowest BCUT2D eigenvalue weighted by Crippen LogP contribution is -2.11. The molecule has 43 heavy (non-hydrogen) atoms. The van der Waals surface area contributed by atoms with E-state index in [1.165, 1.54) is 60.8 Å². The van der Waals surface area contributed by atoms with Gasteiger partial charge in [0, 0.05) is 11.8 Å². The zero-order chi connectivity index (χ0) is 29.8. The molecule has 2 fully saturated rings. The van der Waals surface area contributed by atoms with E-state index in [2.05, 4.69) is 98.8 Å². The number of phenolic OH excluding ortho intramolecular Hbond substituents is 2. The number of phenols is 2. The van der Waals surface area contributed by atoms with Crippen LogP contribution in [0.4, 0.5) is 0 Å². The van der Waals surface area contributed by atoms with Crippen molar-refractivity contribution >= 4 is 0 Å². The average Bonchev–Trinajstić information content (AvgIpc) is 3.06. The van der Waals surface area contributed by atoms with Crippen molar-refractivity contribution in [1.29, 1.82) is 0 Å². The molecule has 0 saturated heterocycles. The first kappa shape index (κ1) is 29.5. The largest absolute Gasteiger partial charge is 0.508 e. The van der Waals surface area contributed by atoms with Crippen molar-refractivity contribution in [3.8, 4) is 11.5 Å². The number of rotatable bonds is 8. The van der Waals surface area contributed by atoms with Crippen molar-refractivity contribution in [1.82, 2.24) is 0 Å². The van der Waals surface area contributed by atoms with Gasteiger partial charge in [0.25, 0.3) is 0 Å². The number of hydrogen-bond donors (Lipinski definition) is 2. The van der Waals surface area contributed by atoms with Gasteiger partial charge < -0.3 is 10.2 Å². The highest BCUT2D eigenvalue weighted by atomic mass is 16.3. The van der Waals surface area contributed by atoms with Crippen LogP contribution < -0.4 is 0 Å². The topological polar surface area (TPSA) is 40.5 Å². The molecule has 2 aliphatic rings. The number of benzene rings is 4. The van der Waals surface area contributed by atoms with E-state index < -0.39 is 0 Å². The molecule has 2 nitrogen and oxygen atoms in total. The molecule has 2 unspecified atom stereocenters. The summed E-state index contributed by atoms with van der Waals surface area (Å²) in [6, 6.07) is 30.3. The van der Waals surface area contributed by atoms with Crippen LogP contribution >= 0.6 is 0 Å². The van der Waals surface area contributed by atoms with Gasteiger partial charge in [0.1, 0.15) is 11.5 Å². The molecule has 0 aromatic heterocycles. The van der Waals surface area contributed by atoms with Gasteiger partial charge in [-0.25, -0.2) is 0 Å². The Morgan fingerprint density at radius 1 is 0.535 bits per heavy atom. The highest BCUT2D eigenvalue weighted by Crippen LogP contribution is 2.44. The maximum atomic E-state index is 11.5. The molecule has 0 bridgehead atoms. The Labute approximate surface area is 258 Å². The van der Waals surface area contributed by atoms with Crippen LogP contribution in [0.25, 0.3) is 0 Å². The standard InChI is InChI=1S/C41H48O2/c1-28(30-15-7-3-8-16-30)36-26-38(32-19-11-5-12-20-32)40(42)24-34(36)23-35-25-41(43)39(33-21-13-6-14-22-33)27-37(35)29(2)31-17-9-4-10-18-31/h3-4,7-10,15-18,24-29,32-33,42-43H,5-6,11-14,19-23H2,1-2H3. The van der Waals surface area contributed by atoms with Crippen LogP contribution in [0, 0.1) is 0 Å². The first-order valence-electron chi connectivity index (χ1n) is 16.8. The van der Waals surface area contributed by atoms with Crippen LogP contribution in [0.15, 0.2) is 84.9 Å². The Morgan fingerprint density at radius 2 is 0.907 bits per heavy atom. The first-order valence-corrected chi connectivity index (χ1v) is 16.8. The van der Waals surface area contributed by atoms with Crippen LogP contribution in [0.3, 0.4) is 0 Å². The van der Waals surface area contributed by atoms with Gasteiger partial charge in [-0.05, 0) is 101 Å². The van der Waals surface area contributed by atoms with E-state index in [4.69, 9.17) is 0 Å². The Hall–Kier alpha value is -3.52. The molecule has 224 valence electrons. The van der Waals surface area contributed by atoms with Crippen molar-refractivity contribution in [3.05, 3.63) is 129 Å². The summed E-state index contributed by atoms with van der Waals surface area (Å²) in [4.78, 5) is 0. The summed E-state index contributed by atoms with van der Waals surface area (Å²) in [5.41, 5.74) is 9.70. The summed E-state index contributed by atoms with van der Waals surface area (Å²) in [7, 11) is 0. The van der Waals surface area contributed by atoms with E-state index in [1.807, 2.05) is 0 Å². The SMILES string of the molecule is CC(c1ccccc1)c1cc(C2CCCCC2)c(O)cc1Cc1cc(O)c(C2CCCCC2)cc1C(C)c1ccccc1. The molecule has 0 spiro atoms. The van der Waals surface area contributed by atoms with Crippen LogP contribution in [-0.4, -0.2) is 10.2 Å². The van der Waals surface area contributed by atoms with Gasteiger partial charge in [-0.1, -0.05) is 125 Å². The number of hydrogen-bond acceptors (Lipinski definition) is 2. The molecule has 4 aromatic carbocycles. The lowest BCUT2D eigenvalue weighted by molar-refractivity contribution is 0.413. The summed E-state index contributed by atoms with van der Waals surface area (Å²) in [6.07, 6.45) is 12.8. The second kappa shape index (κ2) is 13.4. The lowest BCUT2D eigenvalue weighted by Gasteiger charge is -2.28. The van der Waals surface area contributed by atoms with Crippen LogP contribution in [0.1, 0.15) is 146 Å². The normalized spacial score (nSPS) is 17.9. The minimum atomic E-state index is 0.198. The maximum Gasteiger partial charge on any atom is 0.119 e. The predicted molar refractivity (Wildman–Crippen MR) is 179 cm³/mol. The van der Waals surface area contributed by atoms with E-state index in [0.29, 0.717) is 29.8 Å². The van der Waals surface area contributed by atoms with Crippen LogP contribution in [0.2, 0.25) is 0 Å². The Morgan fingerprint density at radius 3 is 1.28 bits per heavy atom. The quantitative estimate of drug-likeness (QED) is 0.220. The molecule has 4 aromatic rings. The summed E-state index contributed by atoms with van der Waals surface area (Å²) in [6.45, 7) is 4.60. The minimum absolute atomic E-state index is 0.198. The maximum absolute atomic E-state index is 11.5. The molecule has 0 radical (unpaired) electrons. The zero-order valence-electron chi connectivity index (χ0n) is 26.1. The van der Waals surface area contributed by atoms with Gasteiger partial charge in [0.15, 0.2) is 0 Å². The molecule has 0 heterocycles. The summed E-state index contributed by atoms with van der Waals surface area (Å²) in [5.74, 6) is 2.13. The number of aromatic hydroxyl groups is 2. The van der Waals surface area contributed by atoms with Crippen LogP contribution in [-0.2, 0) is 6.42 Å². The molecule has 2 N–H and O–H groups in total. The van der Waals surface area contributed by atoms with Gasteiger partial charge in [-0.2, -0.15) is 0 Å². The fraction of sp³-hybridized carbons (Fsp3) is 0.415. The monoisotopic (exact) mass is 572 g/mol. The van der Waals surface area contributed by atoms with Crippen molar-refractivity contribution in [2.75, 3.05) is 0 Å². The van der Waals surface area contributed by atoms with E-state index >= 15 is 0 Å². The molecule has 6 rings (SSSR count). The summed E-state index contributed by atoms with van der Waals surface area (Å²) >= 11 is 0. The van der Waals surface area contributed by atoms with Crippen molar-refractivity contribution < 1.29 is 10.2 Å². The van der Waals surface area contributed by atoms with E-state index in [9.17, 15) is 10.2 Å². The van der Waals surface area contributed by atoms with Crippen molar-refractivity contribution in [2.24, 2.45) is 0 Å². The third-order valence-electron chi connectivity index (χ3n) is 10.6. The molecule has 2 heteroatoms. The summed E-state index contributed by atoms with van der Waals surface area (Å²) in [5, 5.41) is 22.9. The third-order valence-corrected chi connectivity index (χ3v) is 10.6. The van der Waals surface area contributed by atoms with Gasteiger partial charge in [-0.3, -0.25) is 0 Å². The van der Waals surface area contributed by atoms with Gasteiger partial charge in [0.2, 0.25) is 0 Å². The fourth-order valence-corrected chi connectivity index (χ4v) is 7.97. The Balaban J connectivity index is 1.46. The zero-order valence-corrected chi connectivity index (χ0v) is 26.1. The third kappa shape index (κ3) is 6.54. The average molecular weight is 573 g/mol. The molecule has 0 amide bonds. The van der Waals surface area contributed by atoms with E-state index in [1.54, 1.807) is 0 Å². The molecule has 2 saturated carbocycles. The van der Waals surface area contributed by atoms with Gasteiger partial charge >= 0.3 is 0 Å². The molecule has 0 aliphatic heterocycles. The summed E-state index contributed by atoms with van der Waals surface area (Å²) < 4.78 is 0.